The van der Waals surface area contributed by atoms with Crippen LogP contribution in [0.3, 0.4) is 0 Å². The second-order valence-electron chi connectivity index (χ2n) is 4.69. The fraction of sp³-hybridized carbons (Fsp3) is 0.312. The van der Waals surface area contributed by atoms with Crippen LogP contribution in [0, 0.1) is 6.92 Å². The Morgan fingerprint density at radius 3 is 3.00 bits per heavy atom. The number of ether oxygens (including phenoxy) is 1. The molecule has 0 unspecified atom stereocenters. The molecule has 1 aromatic heterocycles. The maximum Gasteiger partial charge on any atom is 0.188 e. The van der Waals surface area contributed by atoms with Gasteiger partial charge in [0.2, 0.25) is 0 Å². The molecule has 0 bridgehead atoms. The number of nitrogens with zero attached hydrogens (tertiary/aromatic N) is 1. The third-order valence-electron chi connectivity index (χ3n) is 2.89. The smallest absolute Gasteiger partial charge is 0.188 e. The number of guanidine groups is 1. The molecule has 2 rings (SSSR count). The van der Waals surface area contributed by atoms with E-state index in [-0.39, 0.29) is 0 Å². The zero-order chi connectivity index (χ0) is 14.9. The largest absolute Gasteiger partial charge is 0.492 e. The van der Waals surface area contributed by atoms with Crippen molar-refractivity contribution in [2.24, 2.45) is 10.7 Å². The second kappa shape index (κ2) is 8.32. The molecule has 1 heterocycles. The first-order valence-electron chi connectivity index (χ1n) is 6.99. The SMILES string of the molecule is Cc1cccc(OCCNC(N)=NCCc2cccs2)c1. The van der Waals surface area contributed by atoms with Gasteiger partial charge >= 0.3 is 0 Å². The number of aliphatic imine (C=N–C) groups is 1. The Balaban J connectivity index is 1.61. The van der Waals surface area contributed by atoms with Gasteiger partial charge in [0.05, 0.1) is 6.54 Å². The zero-order valence-electron chi connectivity index (χ0n) is 12.2. The molecule has 0 saturated carbocycles. The summed E-state index contributed by atoms with van der Waals surface area (Å²) in [6.45, 7) is 3.95. The van der Waals surface area contributed by atoms with Crippen molar-refractivity contribution >= 4 is 17.3 Å². The van der Waals surface area contributed by atoms with E-state index in [1.807, 2.05) is 37.3 Å². The van der Waals surface area contributed by atoms with Gasteiger partial charge in [0.15, 0.2) is 5.96 Å². The molecule has 1 aromatic carbocycles. The minimum atomic E-state index is 0.472. The Bertz CT molecular complexity index is 567. The Morgan fingerprint density at radius 1 is 1.33 bits per heavy atom. The molecule has 0 fully saturated rings. The van der Waals surface area contributed by atoms with Crippen LogP contribution in [0.2, 0.25) is 0 Å². The molecule has 2 aromatic rings. The maximum atomic E-state index is 5.80. The van der Waals surface area contributed by atoms with E-state index >= 15 is 0 Å². The van der Waals surface area contributed by atoms with Crippen molar-refractivity contribution in [2.45, 2.75) is 13.3 Å². The highest BCUT2D eigenvalue weighted by molar-refractivity contribution is 7.09. The molecule has 0 aliphatic heterocycles. The molecule has 3 N–H and O–H groups in total. The molecule has 21 heavy (non-hydrogen) atoms. The van der Waals surface area contributed by atoms with E-state index < -0.39 is 0 Å². The molecule has 0 radical (unpaired) electrons. The van der Waals surface area contributed by atoms with E-state index in [1.165, 1.54) is 10.4 Å². The van der Waals surface area contributed by atoms with E-state index in [9.17, 15) is 0 Å². The van der Waals surface area contributed by atoms with Crippen LogP contribution < -0.4 is 15.8 Å². The fourth-order valence-corrected chi connectivity index (χ4v) is 2.55. The van der Waals surface area contributed by atoms with Crippen molar-refractivity contribution in [1.29, 1.82) is 0 Å². The quantitative estimate of drug-likeness (QED) is 0.469. The Hall–Kier alpha value is -2.01. The lowest BCUT2D eigenvalue weighted by atomic mass is 10.2. The van der Waals surface area contributed by atoms with E-state index in [2.05, 4.69) is 21.8 Å². The van der Waals surface area contributed by atoms with Crippen LogP contribution in [-0.2, 0) is 6.42 Å². The summed E-state index contributed by atoms with van der Waals surface area (Å²) in [7, 11) is 0. The molecule has 0 spiro atoms. The Labute approximate surface area is 129 Å². The topological polar surface area (TPSA) is 59.6 Å². The molecule has 112 valence electrons. The lowest BCUT2D eigenvalue weighted by Crippen LogP contribution is -2.34. The first-order valence-corrected chi connectivity index (χ1v) is 7.87. The number of aryl methyl sites for hydroxylation is 1. The number of hydrogen-bond donors (Lipinski definition) is 2. The average Bonchev–Trinajstić information content (AvgIpc) is 2.97. The van der Waals surface area contributed by atoms with Crippen molar-refractivity contribution in [3.8, 4) is 5.75 Å². The predicted molar refractivity (Wildman–Crippen MR) is 89.2 cm³/mol. The molecular formula is C16H21N3OS. The summed E-state index contributed by atoms with van der Waals surface area (Å²) in [5.41, 5.74) is 6.99. The lowest BCUT2D eigenvalue weighted by Gasteiger charge is -2.08. The number of nitrogens with two attached hydrogens (primary N) is 1. The normalized spacial score (nSPS) is 11.4. The number of hydrogen-bond acceptors (Lipinski definition) is 3. The molecule has 0 atom stereocenters. The minimum Gasteiger partial charge on any atom is -0.492 e. The molecule has 0 aliphatic rings. The molecule has 0 saturated heterocycles. The summed E-state index contributed by atoms with van der Waals surface area (Å²) in [6.07, 6.45) is 0.930. The molecule has 5 heteroatoms. The third kappa shape index (κ3) is 5.87. The van der Waals surface area contributed by atoms with Crippen LogP contribution in [0.1, 0.15) is 10.4 Å². The first kappa shape index (κ1) is 15.4. The van der Waals surface area contributed by atoms with Gasteiger partial charge in [0, 0.05) is 17.8 Å². The van der Waals surface area contributed by atoms with Gasteiger partial charge in [-0.2, -0.15) is 0 Å². The summed E-state index contributed by atoms with van der Waals surface area (Å²) in [4.78, 5) is 5.62. The monoisotopic (exact) mass is 303 g/mol. The van der Waals surface area contributed by atoms with Crippen molar-refractivity contribution in [2.75, 3.05) is 19.7 Å². The van der Waals surface area contributed by atoms with Crippen molar-refractivity contribution < 1.29 is 4.74 Å². The van der Waals surface area contributed by atoms with Gasteiger partial charge in [-0.1, -0.05) is 18.2 Å². The van der Waals surface area contributed by atoms with Crippen LogP contribution in [0.15, 0.2) is 46.8 Å². The first-order chi connectivity index (χ1) is 10.2. The van der Waals surface area contributed by atoms with Gasteiger partial charge in [-0.3, -0.25) is 4.99 Å². The third-order valence-corrected chi connectivity index (χ3v) is 3.82. The second-order valence-corrected chi connectivity index (χ2v) is 5.72. The highest BCUT2D eigenvalue weighted by atomic mass is 32.1. The summed E-state index contributed by atoms with van der Waals surface area (Å²) in [5, 5.41) is 5.13. The molecule has 4 nitrogen and oxygen atoms in total. The van der Waals surface area contributed by atoms with Gasteiger partial charge in [0.25, 0.3) is 0 Å². The molecule has 0 aliphatic carbocycles. The summed E-state index contributed by atoms with van der Waals surface area (Å²) in [5.74, 6) is 1.35. The van der Waals surface area contributed by atoms with Gasteiger partial charge in [-0.05, 0) is 36.1 Å². The predicted octanol–water partition coefficient (Wildman–Crippen LogP) is 2.58. The standard InChI is InChI=1S/C16H21N3OS/c1-13-4-2-5-14(12-13)20-10-9-19-16(17)18-8-7-15-6-3-11-21-15/h2-6,11-12H,7-10H2,1H3,(H3,17,18,19). The average molecular weight is 303 g/mol. The van der Waals surface area contributed by atoms with Crippen molar-refractivity contribution in [3.05, 3.63) is 52.2 Å². The van der Waals surface area contributed by atoms with Gasteiger partial charge in [-0.25, -0.2) is 0 Å². The highest BCUT2D eigenvalue weighted by Crippen LogP contribution is 2.11. The Morgan fingerprint density at radius 2 is 2.24 bits per heavy atom. The van der Waals surface area contributed by atoms with Gasteiger partial charge < -0.3 is 15.8 Å². The summed E-state index contributed by atoms with van der Waals surface area (Å²) < 4.78 is 5.63. The van der Waals surface area contributed by atoms with Crippen molar-refractivity contribution in [3.63, 3.8) is 0 Å². The van der Waals surface area contributed by atoms with E-state index in [0.29, 0.717) is 25.7 Å². The molecular weight excluding hydrogens is 282 g/mol. The van der Waals surface area contributed by atoms with Crippen LogP contribution in [0.25, 0.3) is 0 Å². The van der Waals surface area contributed by atoms with Crippen molar-refractivity contribution in [1.82, 2.24) is 5.32 Å². The zero-order valence-corrected chi connectivity index (χ0v) is 13.0. The number of benzene rings is 1. The van der Waals surface area contributed by atoms with E-state index in [0.717, 1.165) is 12.2 Å². The van der Waals surface area contributed by atoms with Gasteiger partial charge in [-0.15, -0.1) is 11.3 Å². The van der Waals surface area contributed by atoms with Crippen LogP contribution in [-0.4, -0.2) is 25.7 Å². The number of nitrogens with one attached hydrogen (secondary N) is 1. The fourth-order valence-electron chi connectivity index (χ4n) is 1.85. The summed E-state index contributed by atoms with van der Waals surface area (Å²) >= 11 is 1.74. The molecule has 0 amide bonds. The highest BCUT2D eigenvalue weighted by Gasteiger charge is 1.96. The van der Waals surface area contributed by atoms with Crippen LogP contribution >= 0.6 is 11.3 Å². The number of rotatable bonds is 7. The van der Waals surface area contributed by atoms with E-state index in [1.54, 1.807) is 11.3 Å². The lowest BCUT2D eigenvalue weighted by molar-refractivity contribution is 0.322. The van der Waals surface area contributed by atoms with Crippen LogP contribution in [0.4, 0.5) is 0 Å². The van der Waals surface area contributed by atoms with E-state index in [4.69, 9.17) is 10.5 Å². The maximum absolute atomic E-state index is 5.80. The number of thiophene rings is 1. The Kier molecular flexibility index (Phi) is 6.09. The van der Waals surface area contributed by atoms with Crippen LogP contribution in [0.5, 0.6) is 5.75 Å². The summed E-state index contributed by atoms with van der Waals surface area (Å²) in [6, 6.07) is 12.2. The van der Waals surface area contributed by atoms with Gasteiger partial charge in [0.1, 0.15) is 12.4 Å². The minimum absolute atomic E-state index is 0.472.